The van der Waals surface area contributed by atoms with E-state index in [9.17, 15) is 4.21 Å². The van der Waals surface area contributed by atoms with E-state index >= 15 is 0 Å². The third-order valence-corrected chi connectivity index (χ3v) is 3.91. The highest BCUT2D eigenvalue weighted by molar-refractivity contribution is 7.84. The second-order valence-corrected chi connectivity index (χ2v) is 5.66. The number of hydrogen-bond acceptors (Lipinski definition) is 4. The van der Waals surface area contributed by atoms with Crippen LogP contribution in [0.25, 0.3) is 0 Å². The predicted molar refractivity (Wildman–Crippen MR) is 74.8 cm³/mol. The summed E-state index contributed by atoms with van der Waals surface area (Å²) in [5, 5.41) is 3.27. The molecular weight excluding hydrogens is 250 g/mol. The van der Waals surface area contributed by atoms with Gasteiger partial charge in [-0.05, 0) is 17.7 Å². The Labute approximate surface area is 111 Å². The highest BCUT2D eigenvalue weighted by atomic mass is 32.2. The summed E-state index contributed by atoms with van der Waals surface area (Å²) in [5.41, 5.74) is 1.12. The van der Waals surface area contributed by atoms with Crippen LogP contribution >= 0.6 is 0 Å². The Morgan fingerprint density at radius 3 is 2.56 bits per heavy atom. The summed E-state index contributed by atoms with van der Waals surface area (Å²) < 4.78 is 21.7. The fraction of sp³-hybridized carbons (Fsp3) is 0.538. The quantitative estimate of drug-likeness (QED) is 0.729. The first-order valence-electron chi connectivity index (χ1n) is 5.97. The highest BCUT2D eigenvalue weighted by Gasteiger charge is 2.04. The van der Waals surface area contributed by atoms with Crippen LogP contribution in [-0.2, 0) is 17.3 Å². The summed E-state index contributed by atoms with van der Waals surface area (Å²) in [5.74, 6) is 2.88. The minimum absolute atomic E-state index is 0.698. The van der Waals surface area contributed by atoms with Gasteiger partial charge in [0.2, 0.25) is 0 Å². The van der Waals surface area contributed by atoms with E-state index in [1.54, 1.807) is 14.2 Å². The molecule has 1 aromatic rings. The van der Waals surface area contributed by atoms with E-state index in [4.69, 9.17) is 9.47 Å². The summed E-state index contributed by atoms with van der Waals surface area (Å²) in [6, 6.07) is 5.83. The van der Waals surface area contributed by atoms with Crippen molar-refractivity contribution in [3.05, 3.63) is 23.8 Å². The summed E-state index contributed by atoms with van der Waals surface area (Å²) >= 11 is 0. The Balaban J connectivity index is 2.45. The molecule has 1 N–H and O–H groups in total. The molecule has 0 fully saturated rings. The molecule has 0 spiro atoms. The van der Waals surface area contributed by atoms with Crippen LogP contribution in [0.2, 0.25) is 0 Å². The maximum atomic E-state index is 11.2. The number of ether oxygens (including phenoxy) is 2. The highest BCUT2D eigenvalue weighted by Crippen LogP contribution is 2.27. The lowest BCUT2D eigenvalue weighted by Gasteiger charge is -2.10. The number of nitrogens with one attached hydrogen (secondary N) is 1. The Morgan fingerprint density at radius 1 is 1.22 bits per heavy atom. The van der Waals surface area contributed by atoms with Gasteiger partial charge in [-0.1, -0.05) is 13.0 Å². The van der Waals surface area contributed by atoms with Gasteiger partial charge in [0, 0.05) is 35.4 Å². The first-order chi connectivity index (χ1) is 8.71. The van der Waals surface area contributed by atoms with E-state index in [-0.39, 0.29) is 0 Å². The summed E-state index contributed by atoms with van der Waals surface area (Å²) in [6.07, 6.45) is 0. The van der Waals surface area contributed by atoms with Gasteiger partial charge in [-0.15, -0.1) is 0 Å². The number of benzene rings is 1. The van der Waals surface area contributed by atoms with Crippen LogP contribution in [0.4, 0.5) is 0 Å². The van der Waals surface area contributed by atoms with Crippen LogP contribution in [0.3, 0.4) is 0 Å². The lowest BCUT2D eigenvalue weighted by molar-refractivity contribution is 0.354. The molecule has 0 saturated carbocycles. The molecule has 102 valence electrons. The molecule has 0 aliphatic carbocycles. The van der Waals surface area contributed by atoms with Crippen molar-refractivity contribution < 1.29 is 13.7 Å². The van der Waals surface area contributed by atoms with Gasteiger partial charge in [-0.2, -0.15) is 0 Å². The fourth-order valence-electron chi connectivity index (χ4n) is 1.55. The smallest absolute Gasteiger partial charge is 0.161 e. The van der Waals surface area contributed by atoms with Crippen molar-refractivity contribution in [2.75, 3.05) is 32.3 Å². The van der Waals surface area contributed by atoms with Crippen molar-refractivity contribution >= 4 is 10.8 Å². The van der Waals surface area contributed by atoms with E-state index in [1.807, 2.05) is 25.1 Å². The fourth-order valence-corrected chi connectivity index (χ4v) is 2.21. The summed E-state index contributed by atoms with van der Waals surface area (Å²) in [7, 11) is 2.54. The van der Waals surface area contributed by atoms with Crippen molar-refractivity contribution in [2.45, 2.75) is 13.5 Å². The monoisotopic (exact) mass is 271 g/mol. The van der Waals surface area contributed by atoms with Crippen molar-refractivity contribution in [3.8, 4) is 11.5 Å². The second kappa shape index (κ2) is 8.11. The minimum atomic E-state index is -0.703. The van der Waals surface area contributed by atoms with Gasteiger partial charge in [0.1, 0.15) is 0 Å². The minimum Gasteiger partial charge on any atom is -0.493 e. The molecule has 0 aliphatic heterocycles. The lowest BCUT2D eigenvalue weighted by atomic mass is 10.2. The van der Waals surface area contributed by atoms with Gasteiger partial charge >= 0.3 is 0 Å². The summed E-state index contributed by atoms with van der Waals surface area (Å²) in [6.45, 7) is 3.43. The Kier molecular flexibility index (Phi) is 6.75. The van der Waals surface area contributed by atoms with Crippen LogP contribution in [0.5, 0.6) is 11.5 Å². The van der Waals surface area contributed by atoms with E-state index in [0.717, 1.165) is 35.9 Å². The average molecular weight is 271 g/mol. The molecule has 1 rings (SSSR count). The molecule has 4 nitrogen and oxygen atoms in total. The van der Waals surface area contributed by atoms with Crippen LogP contribution in [-0.4, -0.2) is 36.5 Å². The van der Waals surface area contributed by atoms with Crippen LogP contribution in [0, 0.1) is 0 Å². The zero-order chi connectivity index (χ0) is 13.4. The first-order valence-corrected chi connectivity index (χ1v) is 7.46. The molecular formula is C13H21NO3S. The van der Waals surface area contributed by atoms with Crippen LogP contribution in [0.1, 0.15) is 12.5 Å². The van der Waals surface area contributed by atoms with Gasteiger partial charge in [0.25, 0.3) is 0 Å². The zero-order valence-corrected chi connectivity index (χ0v) is 12.0. The third-order valence-electron chi connectivity index (χ3n) is 2.61. The van der Waals surface area contributed by atoms with Crippen LogP contribution < -0.4 is 14.8 Å². The maximum Gasteiger partial charge on any atom is 0.161 e. The molecule has 0 radical (unpaired) electrons. The molecule has 0 saturated heterocycles. The van der Waals surface area contributed by atoms with E-state index in [0.29, 0.717) is 5.75 Å². The average Bonchev–Trinajstić information content (AvgIpc) is 2.42. The SMILES string of the molecule is CCS(=O)CCNCc1ccc(OC)c(OC)c1. The normalized spacial score (nSPS) is 12.2. The topological polar surface area (TPSA) is 47.6 Å². The molecule has 0 aromatic heterocycles. The van der Waals surface area contributed by atoms with Gasteiger partial charge in [-0.25, -0.2) is 0 Å². The number of hydrogen-bond donors (Lipinski definition) is 1. The molecule has 0 heterocycles. The third kappa shape index (κ3) is 4.66. The van der Waals surface area contributed by atoms with Crippen molar-refractivity contribution in [2.24, 2.45) is 0 Å². The number of rotatable bonds is 8. The Bertz CT molecular complexity index is 396. The van der Waals surface area contributed by atoms with Crippen molar-refractivity contribution in [1.29, 1.82) is 0 Å². The van der Waals surface area contributed by atoms with Crippen LogP contribution in [0.15, 0.2) is 18.2 Å². The molecule has 18 heavy (non-hydrogen) atoms. The Hall–Kier alpha value is -1.07. The van der Waals surface area contributed by atoms with Gasteiger partial charge in [0.05, 0.1) is 14.2 Å². The Morgan fingerprint density at radius 2 is 1.94 bits per heavy atom. The molecule has 1 unspecified atom stereocenters. The van der Waals surface area contributed by atoms with E-state index < -0.39 is 10.8 Å². The molecule has 1 atom stereocenters. The molecule has 1 aromatic carbocycles. The second-order valence-electron chi connectivity index (χ2n) is 3.80. The van der Waals surface area contributed by atoms with Gasteiger partial charge < -0.3 is 14.8 Å². The largest absolute Gasteiger partial charge is 0.493 e. The first kappa shape index (κ1) is 15.0. The maximum absolute atomic E-state index is 11.2. The van der Waals surface area contributed by atoms with E-state index in [1.165, 1.54) is 0 Å². The molecule has 0 amide bonds. The lowest BCUT2D eigenvalue weighted by Crippen LogP contribution is -2.20. The standard InChI is InChI=1S/C13H21NO3S/c1-4-18(15)8-7-14-10-11-5-6-12(16-2)13(9-11)17-3/h5-6,9,14H,4,7-8,10H2,1-3H3. The molecule has 5 heteroatoms. The predicted octanol–water partition coefficient (Wildman–Crippen LogP) is 1.56. The summed E-state index contributed by atoms with van der Waals surface area (Å²) in [4.78, 5) is 0. The number of methoxy groups -OCH3 is 2. The molecule has 0 aliphatic rings. The zero-order valence-electron chi connectivity index (χ0n) is 11.2. The van der Waals surface area contributed by atoms with Gasteiger partial charge in [0.15, 0.2) is 11.5 Å². The van der Waals surface area contributed by atoms with E-state index in [2.05, 4.69) is 5.32 Å². The van der Waals surface area contributed by atoms with Crippen molar-refractivity contribution in [1.82, 2.24) is 5.32 Å². The van der Waals surface area contributed by atoms with Crippen molar-refractivity contribution in [3.63, 3.8) is 0 Å². The van der Waals surface area contributed by atoms with Gasteiger partial charge in [-0.3, -0.25) is 4.21 Å². The molecule has 0 bridgehead atoms.